The summed E-state index contributed by atoms with van der Waals surface area (Å²) in [5.74, 6) is 2.27. The van der Waals surface area contributed by atoms with Crippen molar-refractivity contribution in [2.45, 2.75) is 42.7 Å². The van der Waals surface area contributed by atoms with E-state index >= 15 is 0 Å². The van der Waals surface area contributed by atoms with E-state index in [1.54, 1.807) is 21.8 Å². The lowest BCUT2D eigenvalue weighted by Crippen LogP contribution is -2.51. The number of halogens is 1. The molecule has 6 nitrogen and oxygen atoms in total. The molecule has 2 heterocycles. The number of ether oxygens (including phenoxy) is 1. The third-order valence-electron chi connectivity index (χ3n) is 7.53. The molecule has 0 aromatic carbocycles. The van der Waals surface area contributed by atoms with Crippen LogP contribution in [0.2, 0.25) is 0 Å². The zero-order valence-electron chi connectivity index (χ0n) is 17.2. The second kappa shape index (κ2) is 8.70. The Morgan fingerprint density at radius 2 is 1.67 bits per heavy atom. The van der Waals surface area contributed by atoms with Crippen molar-refractivity contribution in [2.24, 2.45) is 23.2 Å². The molecule has 4 saturated carbocycles. The molecule has 4 aliphatic carbocycles. The number of carbonyl (C=O) groups is 1. The van der Waals surface area contributed by atoms with Gasteiger partial charge < -0.3 is 4.74 Å². The maximum atomic E-state index is 12.9. The molecular formula is C21H31ClN2O4S2. The van der Waals surface area contributed by atoms with E-state index in [0.29, 0.717) is 43.5 Å². The summed E-state index contributed by atoms with van der Waals surface area (Å²) in [5, 5.41) is 1.79. The van der Waals surface area contributed by atoms with E-state index in [1.807, 2.05) is 0 Å². The van der Waals surface area contributed by atoms with Crippen LogP contribution in [0.1, 0.15) is 38.5 Å². The fourth-order valence-corrected chi connectivity index (χ4v) is 9.08. The van der Waals surface area contributed by atoms with Gasteiger partial charge in [0.2, 0.25) is 0 Å². The highest BCUT2D eigenvalue weighted by Crippen LogP contribution is 2.60. The minimum absolute atomic E-state index is 0. The van der Waals surface area contributed by atoms with Crippen molar-refractivity contribution in [3.63, 3.8) is 0 Å². The van der Waals surface area contributed by atoms with Crippen molar-refractivity contribution in [3.8, 4) is 0 Å². The molecule has 1 aromatic rings. The van der Waals surface area contributed by atoms with E-state index in [2.05, 4.69) is 4.90 Å². The molecule has 0 N–H and O–H groups in total. The molecule has 168 valence electrons. The molecule has 0 atom stereocenters. The van der Waals surface area contributed by atoms with Gasteiger partial charge in [-0.1, -0.05) is 6.07 Å². The highest BCUT2D eigenvalue weighted by atomic mass is 35.5. The second-order valence-electron chi connectivity index (χ2n) is 9.51. The van der Waals surface area contributed by atoms with E-state index in [0.717, 1.165) is 37.0 Å². The maximum Gasteiger partial charge on any atom is 0.312 e. The molecular weight excluding hydrogens is 444 g/mol. The molecule has 0 amide bonds. The first-order valence-electron chi connectivity index (χ1n) is 10.9. The Balaban J connectivity index is 0.00000218. The average Bonchev–Trinajstić information content (AvgIpc) is 3.23. The van der Waals surface area contributed by atoms with Crippen LogP contribution in [0.25, 0.3) is 0 Å². The molecule has 0 spiro atoms. The van der Waals surface area contributed by atoms with Crippen LogP contribution in [0.15, 0.2) is 21.7 Å². The maximum absolute atomic E-state index is 12.9. The molecule has 0 unspecified atom stereocenters. The zero-order chi connectivity index (χ0) is 20.1. The van der Waals surface area contributed by atoms with Crippen molar-refractivity contribution in [1.82, 2.24) is 9.21 Å². The summed E-state index contributed by atoms with van der Waals surface area (Å²) in [7, 11) is -3.36. The highest BCUT2D eigenvalue weighted by molar-refractivity contribution is 7.91. The summed E-state index contributed by atoms with van der Waals surface area (Å²) >= 11 is 1.26. The van der Waals surface area contributed by atoms with Crippen LogP contribution in [0.4, 0.5) is 0 Å². The quantitative estimate of drug-likeness (QED) is 0.592. The molecule has 5 aliphatic rings. The van der Waals surface area contributed by atoms with Crippen molar-refractivity contribution < 1.29 is 17.9 Å². The molecule has 4 bridgehead atoms. The van der Waals surface area contributed by atoms with Crippen LogP contribution in [0.3, 0.4) is 0 Å². The first-order valence-corrected chi connectivity index (χ1v) is 13.2. The standard InChI is InChI=1S/C21H30N2O4S2.ClH/c24-20(21-13-16-10-17(14-21)12-18(11-16)15-21)27-8-7-22-3-5-23(6-4-22)29(25,26)19-2-1-9-28-19;/h1-2,9,16-18H,3-8,10-15H2;1H. The zero-order valence-corrected chi connectivity index (χ0v) is 19.7. The molecule has 1 aromatic heterocycles. The Labute approximate surface area is 189 Å². The Morgan fingerprint density at radius 1 is 1.07 bits per heavy atom. The van der Waals surface area contributed by atoms with Crippen LogP contribution in [0.5, 0.6) is 0 Å². The number of rotatable bonds is 6. The Morgan fingerprint density at radius 3 is 2.20 bits per heavy atom. The minimum atomic E-state index is -3.36. The molecule has 9 heteroatoms. The first kappa shape index (κ1) is 22.5. The topological polar surface area (TPSA) is 66.9 Å². The van der Waals surface area contributed by atoms with E-state index in [1.165, 1.54) is 30.6 Å². The Kier molecular flexibility index (Phi) is 6.53. The fraction of sp³-hybridized carbons (Fsp3) is 0.762. The first-order chi connectivity index (χ1) is 13.9. The Hall–Kier alpha value is -0.670. The smallest absolute Gasteiger partial charge is 0.312 e. The monoisotopic (exact) mass is 474 g/mol. The van der Waals surface area contributed by atoms with Gasteiger partial charge in [0.25, 0.3) is 10.0 Å². The van der Waals surface area contributed by atoms with Gasteiger partial charge in [-0.15, -0.1) is 23.7 Å². The normalized spacial score (nSPS) is 33.9. The number of piperazine rings is 1. The number of hydrogen-bond acceptors (Lipinski definition) is 6. The predicted octanol–water partition coefficient (Wildman–Crippen LogP) is 3.24. The average molecular weight is 475 g/mol. The summed E-state index contributed by atoms with van der Waals surface area (Å²) in [5.41, 5.74) is -0.192. The molecule has 1 saturated heterocycles. The lowest BCUT2D eigenvalue weighted by molar-refractivity contribution is -0.172. The van der Waals surface area contributed by atoms with Gasteiger partial charge in [0.05, 0.1) is 5.41 Å². The molecule has 0 radical (unpaired) electrons. The summed E-state index contributed by atoms with van der Waals surface area (Å²) < 4.78 is 33.0. The van der Waals surface area contributed by atoms with Gasteiger partial charge in [-0.25, -0.2) is 8.42 Å². The van der Waals surface area contributed by atoms with Crippen molar-refractivity contribution in [1.29, 1.82) is 0 Å². The van der Waals surface area contributed by atoms with Gasteiger partial charge in [0, 0.05) is 32.7 Å². The number of hydrogen-bond donors (Lipinski definition) is 0. The number of esters is 1. The van der Waals surface area contributed by atoms with Crippen molar-refractivity contribution in [2.75, 3.05) is 39.3 Å². The SMILES string of the molecule is Cl.O=C(OCCN1CCN(S(=O)(=O)c2cccs2)CC1)C12CC3CC(CC(C3)C1)C2. The summed E-state index contributed by atoms with van der Waals surface area (Å²) in [6.45, 7) is 3.44. The number of thiophene rings is 1. The molecule has 30 heavy (non-hydrogen) atoms. The lowest BCUT2D eigenvalue weighted by atomic mass is 9.49. The van der Waals surface area contributed by atoms with Crippen LogP contribution >= 0.6 is 23.7 Å². The highest BCUT2D eigenvalue weighted by Gasteiger charge is 2.55. The number of carbonyl (C=O) groups excluding carboxylic acids is 1. The van der Waals surface area contributed by atoms with Crippen LogP contribution in [-0.2, 0) is 19.6 Å². The van der Waals surface area contributed by atoms with Crippen molar-refractivity contribution >= 4 is 39.7 Å². The number of nitrogens with zero attached hydrogens (tertiary/aromatic N) is 2. The molecule has 6 rings (SSSR count). The molecule has 5 fully saturated rings. The third kappa shape index (κ3) is 4.18. The van der Waals surface area contributed by atoms with Crippen molar-refractivity contribution in [3.05, 3.63) is 17.5 Å². The lowest BCUT2D eigenvalue weighted by Gasteiger charge is -2.55. The van der Waals surface area contributed by atoms with Gasteiger partial charge in [-0.2, -0.15) is 4.31 Å². The predicted molar refractivity (Wildman–Crippen MR) is 118 cm³/mol. The van der Waals surface area contributed by atoms with Gasteiger partial charge >= 0.3 is 5.97 Å². The fourth-order valence-electron chi connectivity index (χ4n) is 6.51. The van der Waals surface area contributed by atoms with Crippen LogP contribution in [-0.4, -0.2) is 62.9 Å². The van der Waals surface area contributed by atoms with Gasteiger partial charge in [-0.05, 0) is 67.7 Å². The second-order valence-corrected chi connectivity index (χ2v) is 12.6. The van der Waals surface area contributed by atoms with E-state index in [-0.39, 0.29) is 23.8 Å². The van der Waals surface area contributed by atoms with Crippen LogP contribution < -0.4 is 0 Å². The van der Waals surface area contributed by atoms with E-state index < -0.39 is 10.0 Å². The summed E-state index contributed by atoms with van der Waals surface area (Å²) in [4.78, 5) is 15.1. The van der Waals surface area contributed by atoms with Crippen LogP contribution in [0, 0.1) is 23.2 Å². The van der Waals surface area contributed by atoms with E-state index in [4.69, 9.17) is 4.74 Å². The van der Waals surface area contributed by atoms with Gasteiger partial charge in [-0.3, -0.25) is 9.69 Å². The Bertz CT molecular complexity index is 815. The number of sulfonamides is 1. The summed E-state index contributed by atoms with van der Waals surface area (Å²) in [6, 6.07) is 3.43. The third-order valence-corrected chi connectivity index (χ3v) is 10.8. The minimum Gasteiger partial charge on any atom is -0.464 e. The summed E-state index contributed by atoms with van der Waals surface area (Å²) in [6.07, 6.45) is 7.09. The molecule has 1 aliphatic heterocycles. The van der Waals surface area contributed by atoms with E-state index in [9.17, 15) is 13.2 Å². The van der Waals surface area contributed by atoms with Gasteiger partial charge in [0.15, 0.2) is 0 Å². The van der Waals surface area contributed by atoms with Gasteiger partial charge in [0.1, 0.15) is 10.8 Å². The largest absolute Gasteiger partial charge is 0.464 e.